The van der Waals surface area contributed by atoms with Crippen molar-refractivity contribution >= 4 is 16.4 Å². The van der Waals surface area contributed by atoms with Crippen LogP contribution < -0.4 is 0 Å². The monoisotopic (exact) mass is 232 g/mol. The Balaban J connectivity index is 0. The third kappa shape index (κ3) is 7.76. The van der Waals surface area contributed by atoms with Crippen molar-refractivity contribution in [3.8, 4) is 0 Å². The Morgan fingerprint density at radius 3 is 2.09 bits per heavy atom. The van der Waals surface area contributed by atoms with Gasteiger partial charge in [0.2, 0.25) is 0 Å². The van der Waals surface area contributed by atoms with Gasteiger partial charge in [-0.1, -0.05) is 0 Å². The Bertz CT molecular complexity index is 218. The van der Waals surface area contributed by atoms with Crippen molar-refractivity contribution < 1.29 is 44.1 Å². The number of hydrogen-bond acceptors (Lipinski definition) is 6. The summed E-state index contributed by atoms with van der Waals surface area (Å²) in [7, 11) is -5.03. The van der Waals surface area contributed by atoms with Crippen LogP contribution in [0.4, 0.5) is 0 Å². The van der Waals surface area contributed by atoms with Crippen molar-refractivity contribution in [2.75, 3.05) is 0 Å². The van der Waals surface area contributed by atoms with E-state index in [-0.39, 0.29) is 17.1 Å². The normalized spacial score (nSPS) is 13.0. The van der Waals surface area contributed by atoms with Gasteiger partial charge in [0.1, 0.15) is 6.10 Å². The van der Waals surface area contributed by atoms with Gasteiger partial charge in [0.15, 0.2) is 0 Å². The van der Waals surface area contributed by atoms with Gasteiger partial charge in [0.25, 0.3) is 10.4 Å². The standard InChI is InChI=1S/C3H6O6S.Cu/c1-2(4)3(5)9-10(6,7)8;/h2,4H,1H3,(H,6,7,8);/q;+1/p-1. The van der Waals surface area contributed by atoms with Crippen LogP contribution in [0, 0.1) is 0 Å². The van der Waals surface area contributed by atoms with Crippen LogP contribution in [0.2, 0.25) is 0 Å². The van der Waals surface area contributed by atoms with Gasteiger partial charge in [0.05, 0.1) is 0 Å². The van der Waals surface area contributed by atoms with Gasteiger partial charge in [-0.25, -0.2) is 13.2 Å². The van der Waals surface area contributed by atoms with Gasteiger partial charge in [0, 0.05) is 0 Å². The summed E-state index contributed by atoms with van der Waals surface area (Å²) in [6.07, 6.45) is -1.61. The maximum absolute atomic E-state index is 10.1. The molecule has 0 aromatic heterocycles. The summed E-state index contributed by atoms with van der Waals surface area (Å²) in [5.74, 6) is -1.48. The molecule has 0 aromatic carbocycles. The van der Waals surface area contributed by atoms with Crippen LogP contribution in [0.25, 0.3) is 0 Å². The van der Waals surface area contributed by atoms with E-state index in [9.17, 15) is 17.8 Å². The minimum absolute atomic E-state index is 0. The summed E-state index contributed by atoms with van der Waals surface area (Å²) in [4.78, 5) is 10.1. The molecule has 0 rings (SSSR count). The molecule has 1 N–H and O–H groups in total. The molecule has 0 aliphatic rings. The van der Waals surface area contributed by atoms with Crippen LogP contribution in [0.1, 0.15) is 6.92 Å². The zero-order chi connectivity index (χ0) is 8.36. The summed E-state index contributed by atoms with van der Waals surface area (Å²) < 4.78 is 32.1. The fourth-order valence-electron chi connectivity index (χ4n) is 0.170. The molecule has 0 heterocycles. The largest absolute Gasteiger partial charge is 1.00 e. The van der Waals surface area contributed by atoms with E-state index in [0.29, 0.717) is 0 Å². The SMILES string of the molecule is CC(O)C(=O)OS(=O)(=O)[O-].[Cu+]. The fraction of sp³-hybridized carbons (Fsp3) is 0.667. The topological polar surface area (TPSA) is 104 Å². The van der Waals surface area contributed by atoms with Crippen LogP contribution in [-0.2, 0) is 36.4 Å². The predicted molar refractivity (Wildman–Crippen MR) is 27.5 cm³/mol. The number of aliphatic hydroxyl groups excluding tert-OH is 1. The number of hydrogen-bond donors (Lipinski definition) is 1. The van der Waals surface area contributed by atoms with Crippen LogP contribution in [-0.4, -0.2) is 30.2 Å². The first-order valence-corrected chi connectivity index (χ1v) is 3.53. The summed E-state index contributed by atoms with van der Waals surface area (Å²) in [5, 5.41) is 8.31. The Morgan fingerprint density at radius 1 is 1.64 bits per heavy atom. The summed E-state index contributed by atoms with van der Waals surface area (Å²) in [5.41, 5.74) is 0. The minimum Gasteiger partial charge on any atom is -0.716 e. The molecule has 0 aliphatic heterocycles. The van der Waals surface area contributed by atoms with Crippen LogP contribution in [0.15, 0.2) is 0 Å². The summed E-state index contributed by atoms with van der Waals surface area (Å²) >= 11 is 0. The van der Waals surface area contributed by atoms with Crippen LogP contribution in [0.5, 0.6) is 0 Å². The molecule has 1 atom stereocenters. The average Bonchev–Trinajstić information content (AvgIpc) is 1.60. The van der Waals surface area contributed by atoms with E-state index in [1.165, 1.54) is 0 Å². The number of carbonyl (C=O) groups excluding carboxylic acids is 1. The van der Waals surface area contributed by atoms with Crippen molar-refractivity contribution in [3.63, 3.8) is 0 Å². The first-order chi connectivity index (χ1) is 4.33. The van der Waals surface area contributed by atoms with Crippen molar-refractivity contribution in [1.29, 1.82) is 0 Å². The Morgan fingerprint density at radius 2 is 2.00 bits per heavy atom. The van der Waals surface area contributed by atoms with E-state index in [1.807, 2.05) is 0 Å². The fourth-order valence-corrected chi connectivity index (χ4v) is 0.511. The molecule has 6 nitrogen and oxygen atoms in total. The molecule has 0 amide bonds. The van der Waals surface area contributed by atoms with Crippen molar-refractivity contribution in [2.45, 2.75) is 13.0 Å². The van der Waals surface area contributed by atoms with E-state index in [0.717, 1.165) is 6.92 Å². The van der Waals surface area contributed by atoms with E-state index in [4.69, 9.17) is 5.11 Å². The van der Waals surface area contributed by atoms with Gasteiger partial charge in [-0.3, -0.25) is 0 Å². The summed E-state index contributed by atoms with van der Waals surface area (Å²) in [6, 6.07) is 0. The van der Waals surface area contributed by atoms with E-state index >= 15 is 0 Å². The molecule has 0 bridgehead atoms. The quantitative estimate of drug-likeness (QED) is 0.348. The van der Waals surface area contributed by atoms with Gasteiger partial charge >= 0.3 is 23.0 Å². The zero-order valence-corrected chi connectivity index (χ0v) is 7.03. The van der Waals surface area contributed by atoms with Gasteiger partial charge in [-0.05, 0) is 6.92 Å². The summed E-state index contributed by atoms with van der Waals surface area (Å²) in [6.45, 7) is 0.980. The third-order valence-corrected chi connectivity index (χ3v) is 0.894. The third-order valence-electron chi connectivity index (χ3n) is 0.525. The molecule has 0 spiro atoms. The Labute approximate surface area is 74.0 Å². The van der Waals surface area contributed by atoms with E-state index in [1.54, 1.807) is 0 Å². The second-order valence-corrected chi connectivity index (χ2v) is 2.47. The Hall–Kier alpha value is -0.141. The van der Waals surface area contributed by atoms with Gasteiger partial charge in [-0.2, -0.15) is 0 Å². The van der Waals surface area contributed by atoms with Crippen LogP contribution in [0.3, 0.4) is 0 Å². The molecule has 70 valence electrons. The minimum atomic E-state index is -5.03. The van der Waals surface area contributed by atoms with Crippen molar-refractivity contribution in [3.05, 3.63) is 0 Å². The zero-order valence-electron chi connectivity index (χ0n) is 5.28. The first-order valence-electron chi connectivity index (χ1n) is 2.20. The molecular weight excluding hydrogens is 228 g/mol. The molecular formula is C3H5CuO6S. The molecule has 11 heavy (non-hydrogen) atoms. The first kappa shape index (κ1) is 13.4. The van der Waals surface area contributed by atoms with Crippen LogP contribution >= 0.6 is 0 Å². The number of aliphatic hydroxyl groups is 1. The molecule has 0 aromatic rings. The maximum atomic E-state index is 10.1. The molecule has 1 unspecified atom stereocenters. The molecule has 0 radical (unpaired) electrons. The maximum Gasteiger partial charge on any atom is 1.00 e. The predicted octanol–water partition coefficient (Wildman–Crippen LogP) is -1.63. The smallest absolute Gasteiger partial charge is 0.716 e. The molecule has 0 fully saturated rings. The number of carbonyl (C=O) groups is 1. The second kappa shape index (κ2) is 4.68. The van der Waals surface area contributed by atoms with Gasteiger partial charge < -0.3 is 13.8 Å². The molecule has 0 saturated heterocycles. The molecule has 8 heteroatoms. The molecule has 0 aliphatic carbocycles. The average molecular weight is 233 g/mol. The van der Waals surface area contributed by atoms with Gasteiger partial charge in [-0.15, -0.1) is 0 Å². The Kier molecular flexibility index (Phi) is 5.72. The molecule has 0 saturated carbocycles. The second-order valence-electron chi connectivity index (χ2n) is 1.49. The van der Waals surface area contributed by atoms with E-state index in [2.05, 4.69) is 4.18 Å². The van der Waals surface area contributed by atoms with Crippen molar-refractivity contribution in [2.24, 2.45) is 0 Å². The van der Waals surface area contributed by atoms with Crippen molar-refractivity contribution in [1.82, 2.24) is 0 Å². The van der Waals surface area contributed by atoms with E-state index < -0.39 is 22.5 Å². The number of rotatable bonds is 2.